The molecule has 2 aromatic rings. The molecular weight excluding hydrogens is 632 g/mol. The molecule has 46 heavy (non-hydrogen) atoms. The summed E-state index contributed by atoms with van der Waals surface area (Å²) < 4.78 is 49.4. The van der Waals surface area contributed by atoms with Crippen LogP contribution >= 0.6 is 0 Å². The van der Waals surface area contributed by atoms with E-state index in [2.05, 4.69) is 23.7 Å². The zero-order chi connectivity index (χ0) is 31.9. The van der Waals surface area contributed by atoms with Crippen molar-refractivity contribution in [1.82, 2.24) is 0 Å². The van der Waals surface area contributed by atoms with Crippen LogP contribution in [0.2, 0.25) is 0 Å². The summed E-state index contributed by atoms with van der Waals surface area (Å²) in [7, 11) is 1.52. The lowest BCUT2D eigenvalue weighted by molar-refractivity contribution is -0.795. The Kier molecular flexibility index (Phi) is 9.18. The van der Waals surface area contributed by atoms with E-state index in [0.717, 1.165) is 18.4 Å². The van der Waals surface area contributed by atoms with Crippen LogP contribution in [-0.4, -0.2) is 83.4 Å². The number of rotatable bonds is 8. The number of carbonyl (C=O) groups excluding carboxylic acids is 2. The van der Waals surface area contributed by atoms with Crippen molar-refractivity contribution in [3.8, 4) is 29.4 Å². The van der Waals surface area contributed by atoms with Crippen LogP contribution < -0.4 is 22.0 Å². The lowest BCUT2D eigenvalue weighted by Crippen LogP contribution is -3.00. The Hall–Kier alpha value is -4.00. The second-order valence-corrected chi connectivity index (χ2v) is 14.4. The fourth-order valence-electron chi connectivity index (χ4n) is 6.42. The van der Waals surface area contributed by atoms with Gasteiger partial charge >= 0.3 is 12.2 Å². The number of amides is 2. The van der Waals surface area contributed by atoms with Crippen LogP contribution in [0.4, 0.5) is 15.3 Å². The quantitative estimate of drug-likeness (QED) is 0.178. The van der Waals surface area contributed by atoms with Gasteiger partial charge in [0.15, 0.2) is 9.84 Å². The summed E-state index contributed by atoms with van der Waals surface area (Å²) in [6.45, 7) is -0.130. The summed E-state index contributed by atoms with van der Waals surface area (Å²) in [5, 5.41) is 0. The van der Waals surface area contributed by atoms with Crippen LogP contribution in [0, 0.1) is 29.6 Å². The number of ether oxygens (including phenoxy) is 4. The maximum absolute atomic E-state index is 13.9. The molecule has 1 saturated carbocycles. The number of benzene rings is 2. The minimum atomic E-state index is -3.65. The lowest BCUT2D eigenvalue weighted by atomic mass is 9.64. The van der Waals surface area contributed by atoms with Gasteiger partial charge in [-0.2, -0.15) is 4.79 Å². The maximum Gasteiger partial charge on any atom is 0.515 e. The highest BCUT2D eigenvalue weighted by molar-refractivity contribution is 7.91. The second-order valence-electron chi connectivity index (χ2n) is 12.3. The Bertz CT molecular complexity index is 1780. The van der Waals surface area contributed by atoms with Gasteiger partial charge in [-0.05, 0) is 61.7 Å². The normalized spacial score (nSPS) is 25.8. The number of epoxide rings is 1. The summed E-state index contributed by atoms with van der Waals surface area (Å²) in [6.07, 6.45) is 4.57. The van der Waals surface area contributed by atoms with Crippen LogP contribution in [0.5, 0.6) is 5.75 Å². The van der Waals surface area contributed by atoms with Gasteiger partial charge in [0.2, 0.25) is 0 Å². The molecule has 2 fully saturated rings. The summed E-state index contributed by atoms with van der Waals surface area (Å²) in [5.41, 5.74) is -0.343. The number of quaternary nitrogens is 1. The molecule has 12 heteroatoms. The highest BCUT2D eigenvalue weighted by Crippen LogP contribution is 2.72. The minimum absolute atomic E-state index is 0. The van der Waals surface area contributed by atoms with E-state index in [1.165, 1.54) is 17.0 Å². The van der Waals surface area contributed by atoms with Gasteiger partial charge in [-0.15, -0.1) is 0 Å². The van der Waals surface area contributed by atoms with Gasteiger partial charge in [-0.1, -0.05) is 41.9 Å². The van der Waals surface area contributed by atoms with Gasteiger partial charge in [0, 0.05) is 5.56 Å². The van der Waals surface area contributed by atoms with Crippen LogP contribution in [0.25, 0.3) is 0 Å². The zero-order valence-corrected chi connectivity index (χ0v) is 27.4. The van der Waals surface area contributed by atoms with E-state index in [4.69, 9.17) is 18.9 Å². The SMILES string of the molecule is C[N+](C)(C)C(=O)OCCOc1ccc2c(c1)[C@@]13O[C@]14CCC[C@H]3C#C/C=C\C#C[C@@H]4N2C(=O)OCCS(=O)(=O)c1ccccc1.[Cl-]. The number of nitrogens with zero attached hydrogens (tertiary/aromatic N) is 2. The Morgan fingerprint density at radius 2 is 1.74 bits per heavy atom. The van der Waals surface area contributed by atoms with Crippen molar-refractivity contribution in [2.24, 2.45) is 5.92 Å². The Balaban J connectivity index is 0.00000417. The number of sulfone groups is 1. The predicted octanol–water partition coefficient (Wildman–Crippen LogP) is 1.05. The first-order chi connectivity index (χ1) is 21.5. The van der Waals surface area contributed by atoms with Crippen molar-refractivity contribution < 1.29 is 53.8 Å². The first-order valence-corrected chi connectivity index (χ1v) is 16.5. The third-order valence-corrected chi connectivity index (χ3v) is 10.2. The lowest BCUT2D eigenvalue weighted by Gasteiger charge is -2.43. The molecular formula is C34H35ClN2O8S. The highest BCUT2D eigenvalue weighted by Gasteiger charge is 2.81. The van der Waals surface area contributed by atoms with Crippen LogP contribution in [0.3, 0.4) is 0 Å². The Labute approximate surface area is 275 Å². The van der Waals surface area contributed by atoms with Gasteiger partial charge in [0.25, 0.3) is 0 Å². The third-order valence-electron chi connectivity index (χ3n) is 8.52. The van der Waals surface area contributed by atoms with E-state index in [0.29, 0.717) is 17.9 Å². The maximum atomic E-state index is 13.9. The second kappa shape index (κ2) is 12.7. The summed E-state index contributed by atoms with van der Waals surface area (Å²) >= 11 is 0. The van der Waals surface area contributed by atoms with E-state index < -0.39 is 33.2 Å². The van der Waals surface area contributed by atoms with Gasteiger partial charge < -0.3 is 31.4 Å². The number of fused-ring (bicyclic) bond motifs is 1. The molecule has 0 spiro atoms. The molecule has 0 radical (unpaired) electrons. The van der Waals surface area contributed by atoms with Gasteiger partial charge in [0.1, 0.15) is 42.8 Å². The first-order valence-electron chi connectivity index (χ1n) is 14.9. The average molecular weight is 667 g/mol. The number of carbonyl (C=O) groups is 2. The summed E-state index contributed by atoms with van der Waals surface area (Å²) in [4.78, 5) is 27.6. The van der Waals surface area contributed by atoms with E-state index in [1.807, 2.05) is 6.07 Å². The standard InChI is InChI=1S/C34H35N2O8S.ClH/c1-36(2,3)32(38)43-21-20-41-26-17-18-29-28(24-26)34-25-12-7-4-5-10-16-30(33(34,44-34)19-11-13-25)35(29)31(37)42-22-23-45(39,40)27-14-8-6-9-15-27;/h4-6,8-9,14-15,17-18,24-25,30H,11,13,19-23H2,1-3H3;1H/q+1;/p-1/b5-4-;/t25-,30+,33+,34-;/m1./s1. The van der Waals surface area contributed by atoms with Crippen molar-refractivity contribution in [2.75, 3.05) is 51.6 Å². The van der Waals surface area contributed by atoms with Crippen LogP contribution in [-0.2, 0) is 29.6 Å². The molecule has 0 unspecified atom stereocenters. The largest absolute Gasteiger partial charge is 1.00 e. The molecule has 2 amide bonds. The van der Waals surface area contributed by atoms with Gasteiger partial charge in [-0.25, -0.2) is 17.7 Å². The molecule has 4 aliphatic rings. The molecule has 10 nitrogen and oxygen atoms in total. The van der Waals surface area contributed by atoms with Crippen LogP contribution in [0.15, 0.2) is 65.6 Å². The van der Waals surface area contributed by atoms with E-state index in [1.54, 1.807) is 63.6 Å². The van der Waals surface area contributed by atoms with Crippen molar-refractivity contribution in [3.63, 3.8) is 0 Å². The molecule has 2 heterocycles. The molecule has 4 bridgehead atoms. The van der Waals surface area contributed by atoms with Crippen molar-refractivity contribution in [1.29, 1.82) is 0 Å². The number of allylic oxidation sites excluding steroid dienone is 2. The number of hydrogen-bond acceptors (Lipinski definition) is 8. The van der Waals surface area contributed by atoms with Crippen molar-refractivity contribution in [3.05, 3.63) is 66.2 Å². The minimum Gasteiger partial charge on any atom is -1.00 e. The van der Waals surface area contributed by atoms with Gasteiger partial charge in [-0.3, -0.25) is 4.90 Å². The zero-order valence-electron chi connectivity index (χ0n) is 25.8. The summed E-state index contributed by atoms with van der Waals surface area (Å²) in [6, 6.07) is 12.7. The fraction of sp³-hybridized carbons (Fsp3) is 0.412. The van der Waals surface area contributed by atoms with E-state index in [-0.39, 0.29) is 59.4 Å². The molecule has 6 rings (SSSR count). The smallest absolute Gasteiger partial charge is 0.515 e. The molecule has 2 aliphatic carbocycles. The third kappa shape index (κ3) is 5.85. The number of anilines is 1. The average Bonchev–Trinajstić information content (AvgIpc) is 3.73. The van der Waals surface area contributed by atoms with Crippen molar-refractivity contribution >= 4 is 27.7 Å². The predicted molar refractivity (Wildman–Crippen MR) is 165 cm³/mol. The number of hydrogen-bond donors (Lipinski definition) is 0. The monoisotopic (exact) mass is 666 g/mol. The Morgan fingerprint density at radius 3 is 2.48 bits per heavy atom. The molecule has 2 aliphatic heterocycles. The molecule has 0 N–H and O–H groups in total. The fourth-order valence-corrected chi connectivity index (χ4v) is 7.53. The molecule has 4 atom stereocenters. The van der Waals surface area contributed by atoms with Crippen LogP contribution in [0.1, 0.15) is 24.8 Å². The molecule has 2 aromatic carbocycles. The topological polar surface area (TPSA) is 112 Å². The molecule has 242 valence electrons. The first kappa shape index (κ1) is 33.4. The number of halogens is 1. The van der Waals surface area contributed by atoms with E-state index >= 15 is 0 Å². The highest BCUT2D eigenvalue weighted by atomic mass is 35.5. The Morgan fingerprint density at radius 1 is 1.00 bits per heavy atom. The van der Waals surface area contributed by atoms with Crippen molar-refractivity contribution in [2.45, 2.75) is 41.4 Å². The van der Waals surface area contributed by atoms with Gasteiger partial charge in [0.05, 0.1) is 43.4 Å². The molecule has 0 aromatic heterocycles. The summed E-state index contributed by atoms with van der Waals surface area (Å²) in [5.74, 6) is 12.7. The molecule has 1 saturated heterocycles. The van der Waals surface area contributed by atoms with E-state index in [9.17, 15) is 18.0 Å².